The van der Waals surface area contributed by atoms with Gasteiger partial charge in [-0.05, 0) is 54.9 Å². The number of thiocarbonyl (C=S) groups is 1. The number of carbonyl (C=O) groups excluding carboxylic acids is 1. The fraction of sp³-hybridized carbons (Fsp3) is 0.364. The van der Waals surface area contributed by atoms with E-state index in [9.17, 15) is 4.79 Å². The van der Waals surface area contributed by atoms with Crippen LogP contribution in [0.5, 0.6) is 0 Å². The van der Waals surface area contributed by atoms with Gasteiger partial charge >= 0.3 is 0 Å². The number of nitrogens with zero attached hydrogens (tertiary/aromatic N) is 2. The van der Waals surface area contributed by atoms with Crippen molar-refractivity contribution in [2.45, 2.75) is 19.8 Å². The molecule has 154 valence electrons. The second kappa shape index (κ2) is 10.6. The Morgan fingerprint density at radius 2 is 1.90 bits per heavy atom. The Hall–Kier alpha value is -2.15. The molecule has 0 unspecified atom stereocenters. The summed E-state index contributed by atoms with van der Waals surface area (Å²) >= 11 is 11.7. The lowest BCUT2D eigenvalue weighted by Crippen LogP contribution is -2.39. The maximum absolute atomic E-state index is 12.4. The Kier molecular flexibility index (Phi) is 7.86. The third kappa shape index (κ3) is 6.42. The molecule has 0 aromatic heterocycles. The van der Waals surface area contributed by atoms with Crippen LogP contribution in [0.1, 0.15) is 18.9 Å². The number of aryl methyl sites for hydroxylation is 1. The van der Waals surface area contributed by atoms with Gasteiger partial charge in [-0.15, -0.1) is 0 Å². The van der Waals surface area contributed by atoms with E-state index in [1.807, 2.05) is 30.3 Å². The molecule has 1 aliphatic rings. The third-order valence-corrected chi connectivity index (χ3v) is 5.67. The van der Waals surface area contributed by atoms with Crippen molar-refractivity contribution in [2.24, 2.45) is 0 Å². The van der Waals surface area contributed by atoms with Crippen molar-refractivity contribution in [1.82, 2.24) is 9.80 Å². The molecule has 0 saturated carbocycles. The van der Waals surface area contributed by atoms with Gasteiger partial charge in [0.05, 0.1) is 17.3 Å². The molecule has 1 saturated heterocycles. The van der Waals surface area contributed by atoms with Gasteiger partial charge in [-0.3, -0.25) is 9.69 Å². The molecular formula is C22H27ClN4OS. The summed E-state index contributed by atoms with van der Waals surface area (Å²) in [6.07, 6.45) is 1.95. The molecule has 7 heteroatoms. The van der Waals surface area contributed by atoms with E-state index in [1.165, 1.54) is 5.56 Å². The molecule has 5 nitrogen and oxygen atoms in total. The lowest BCUT2D eigenvalue weighted by atomic mass is 10.1. The van der Waals surface area contributed by atoms with Crippen LogP contribution in [-0.4, -0.2) is 53.5 Å². The molecule has 1 heterocycles. The van der Waals surface area contributed by atoms with E-state index in [0.717, 1.165) is 49.8 Å². The average Bonchev–Trinajstić information content (AvgIpc) is 2.95. The largest absolute Gasteiger partial charge is 0.348 e. The van der Waals surface area contributed by atoms with E-state index in [1.54, 1.807) is 6.07 Å². The van der Waals surface area contributed by atoms with Crippen molar-refractivity contribution in [3.05, 3.63) is 59.1 Å². The van der Waals surface area contributed by atoms with Gasteiger partial charge < -0.3 is 15.5 Å². The van der Waals surface area contributed by atoms with Gasteiger partial charge in [-0.2, -0.15) is 0 Å². The van der Waals surface area contributed by atoms with Crippen LogP contribution in [0, 0.1) is 0 Å². The number of halogens is 1. The number of para-hydroxylation sites is 1. The van der Waals surface area contributed by atoms with Gasteiger partial charge in [-0.1, -0.05) is 42.8 Å². The van der Waals surface area contributed by atoms with Crippen LogP contribution in [0.4, 0.5) is 11.4 Å². The Morgan fingerprint density at radius 3 is 2.69 bits per heavy atom. The van der Waals surface area contributed by atoms with Crippen LogP contribution in [0.3, 0.4) is 0 Å². The third-order valence-electron chi connectivity index (χ3n) is 4.98. The molecule has 1 amide bonds. The molecule has 1 aliphatic heterocycles. The summed E-state index contributed by atoms with van der Waals surface area (Å²) in [6.45, 7) is 5.80. The normalized spacial score (nSPS) is 14.9. The standard InChI is InChI=1S/C22H27ClN4OS/c1-2-17-7-5-8-18(15-17)24-22(29)27-12-6-11-26(13-14-27)16-21(28)25-20-10-4-3-9-19(20)23/h3-5,7-10,15H,2,6,11-14,16H2,1H3,(H,24,29)(H,25,28). The van der Waals surface area contributed by atoms with Crippen LogP contribution in [0.25, 0.3) is 0 Å². The lowest BCUT2D eigenvalue weighted by molar-refractivity contribution is -0.117. The zero-order valence-corrected chi connectivity index (χ0v) is 18.2. The highest BCUT2D eigenvalue weighted by atomic mass is 35.5. The Bertz CT molecular complexity index is 860. The quantitative estimate of drug-likeness (QED) is 0.694. The van der Waals surface area contributed by atoms with Gasteiger partial charge in [0.25, 0.3) is 0 Å². The van der Waals surface area contributed by atoms with E-state index in [4.69, 9.17) is 23.8 Å². The number of carbonyl (C=O) groups is 1. The second-order valence-corrected chi connectivity index (χ2v) is 7.92. The smallest absolute Gasteiger partial charge is 0.238 e. The highest BCUT2D eigenvalue weighted by Gasteiger charge is 2.19. The van der Waals surface area contributed by atoms with E-state index in [2.05, 4.69) is 39.5 Å². The summed E-state index contributed by atoms with van der Waals surface area (Å²) in [5, 5.41) is 7.53. The number of benzene rings is 2. The number of nitrogens with one attached hydrogen (secondary N) is 2. The van der Waals surface area contributed by atoms with Gasteiger partial charge in [0.2, 0.25) is 5.91 Å². The monoisotopic (exact) mass is 430 g/mol. The van der Waals surface area contributed by atoms with Crippen molar-refractivity contribution in [2.75, 3.05) is 43.4 Å². The van der Waals surface area contributed by atoms with E-state index in [-0.39, 0.29) is 5.91 Å². The summed E-state index contributed by atoms with van der Waals surface area (Å²) < 4.78 is 0. The Balaban J connectivity index is 1.50. The summed E-state index contributed by atoms with van der Waals surface area (Å²) in [5.74, 6) is -0.0522. The number of hydrogen-bond acceptors (Lipinski definition) is 3. The number of rotatable bonds is 5. The van der Waals surface area contributed by atoms with Crippen molar-refractivity contribution in [3.63, 3.8) is 0 Å². The SMILES string of the molecule is CCc1cccc(NC(=S)N2CCCN(CC(=O)Nc3ccccc3Cl)CC2)c1. The van der Waals surface area contributed by atoms with Gasteiger partial charge in [0.15, 0.2) is 5.11 Å². The zero-order chi connectivity index (χ0) is 20.6. The van der Waals surface area contributed by atoms with Gasteiger partial charge in [0.1, 0.15) is 0 Å². The predicted octanol–water partition coefficient (Wildman–Crippen LogP) is 4.25. The first-order chi connectivity index (χ1) is 14.0. The van der Waals surface area contributed by atoms with Gasteiger partial charge in [-0.25, -0.2) is 0 Å². The van der Waals surface area contributed by atoms with Crippen LogP contribution in [0.2, 0.25) is 5.02 Å². The molecule has 2 N–H and O–H groups in total. The summed E-state index contributed by atoms with van der Waals surface area (Å²) in [4.78, 5) is 16.7. The number of hydrogen-bond donors (Lipinski definition) is 2. The van der Waals surface area contributed by atoms with Crippen molar-refractivity contribution >= 4 is 46.2 Å². The molecule has 0 radical (unpaired) electrons. The van der Waals surface area contributed by atoms with Gasteiger partial charge in [0, 0.05) is 31.9 Å². The lowest BCUT2D eigenvalue weighted by Gasteiger charge is -2.24. The zero-order valence-electron chi connectivity index (χ0n) is 16.7. The topological polar surface area (TPSA) is 47.6 Å². The Morgan fingerprint density at radius 1 is 1.07 bits per heavy atom. The fourth-order valence-electron chi connectivity index (χ4n) is 3.36. The highest BCUT2D eigenvalue weighted by molar-refractivity contribution is 7.80. The van der Waals surface area contributed by atoms with E-state index in [0.29, 0.717) is 17.3 Å². The highest BCUT2D eigenvalue weighted by Crippen LogP contribution is 2.20. The minimum absolute atomic E-state index is 0.0522. The molecule has 1 fully saturated rings. The summed E-state index contributed by atoms with van der Waals surface area (Å²) in [7, 11) is 0. The second-order valence-electron chi connectivity index (χ2n) is 7.13. The van der Waals surface area contributed by atoms with Crippen molar-refractivity contribution < 1.29 is 4.79 Å². The molecule has 2 aromatic rings. The molecule has 0 aliphatic carbocycles. The number of amides is 1. The van der Waals surface area contributed by atoms with Crippen molar-refractivity contribution in [1.29, 1.82) is 0 Å². The molecular weight excluding hydrogens is 404 g/mol. The minimum atomic E-state index is -0.0522. The fourth-order valence-corrected chi connectivity index (χ4v) is 3.84. The van der Waals surface area contributed by atoms with Crippen LogP contribution < -0.4 is 10.6 Å². The van der Waals surface area contributed by atoms with Crippen LogP contribution >= 0.6 is 23.8 Å². The first kappa shape index (κ1) is 21.6. The summed E-state index contributed by atoms with van der Waals surface area (Å²) in [5.41, 5.74) is 2.95. The molecule has 0 spiro atoms. The van der Waals surface area contributed by atoms with E-state index < -0.39 is 0 Å². The van der Waals surface area contributed by atoms with Crippen molar-refractivity contribution in [3.8, 4) is 0 Å². The maximum atomic E-state index is 12.4. The maximum Gasteiger partial charge on any atom is 0.238 e. The molecule has 29 heavy (non-hydrogen) atoms. The Labute approximate surface area is 183 Å². The first-order valence-corrected chi connectivity index (χ1v) is 10.8. The molecule has 0 bridgehead atoms. The van der Waals surface area contributed by atoms with Crippen LogP contribution in [-0.2, 0) is 11.2 Å². The van der Waals surface area contributed by atoms with E-state index >= 15 is 0 Å². The van der Waals surface area contributed by atoms with Crippen LogP contribution in [0.15, 0.2) is 48.5 Å². The predicted molar refractivity (Wildman–Crippen MR) is 125 cm³/mol. The molecule has 0 atom stereocenters. The number of anilines is 2. The summed E-state index contributed by atoms with van der Waals surface area (Å²) in [6, 6.07) is 15.6. The molecule has 3 rings (SSSR count). The molecule has 2 aromatic carbocycles. The first-order valence-electron chi connectivity index (χ1n) is 9.96. The average molecular weight is 431 g/mol. The minimum Gasteiger partial charge on any atom is -0.348 e.